The highest BCUT2D eigenvalue weighted by Crippen LogP contribution is 2.22. The van der Waals surface area contributed by atoms with Gasteiger partial charge in [0.2, 0.25) is 0 Å². The van der Waals surface area contributed by atoms with Crippen molar-refractivity contribution >= 4 is 5.97 Å². The molecule has 0 saturated heterocycles. The SMILES string of the molecule is CCOc1cccc([C@](C)(N)C(=O)O)c1. The van der Waals surface area contributed by atoms with Gasteiger partial charge in [-0.25, -0.2) is 4.79 Å². The Morgan fingerprint density at radius 3 is 2.80 bits per heavy atom. The summed E-state index contributed by atoms with van der Waals surface area (Å²) in [7, 11) is 0. The van der Waals surface area contributed by atoms with Gasteiger partial charge in [0.15, 0.2) is 0 Å². The number of rotatable bonds is 4. The summed E-state index contributed by atoms with van der Waals surface area (Å²) in [6.07, 6.45) is 0. The molecule has 0 aliphatic heterocycles. The average Bonchev–Trinajstić information content (AvgIpc) is 2.18. The number of ether oxygens (including phenoxy) is 1. The van der Waals surface area contributed by atoms with E-state index in [4.69, 9.17) is 15.6 Å². The Kier molecular flexibility index (Phi) is 3.31. The van der Waals surface area contributed by atoms with E-state index in [1.165, 1.54) is 6.92 Å². The normalized spacial score (nSPS) is 14.3. The highest BCUT2D eigenvalue weighted by molar-refractivity contribution is 5.80. The van der Waals surface area contributed by atoms with Gasteiger partial charge in [0.25, 0.3) is 0 Å². The smallest absolute Gasteiger partial charge is 0.328 e. The largest absolute Gasteiger partial charge is 0.494 e. The molecule has 15 heavy (non-hydrogen) atoms. The van der Waals surface area contributed by atoms with E-state index in [0.29, 0.717) is 17.9 Å². The Labute approximate surface area is 88.7 Å². The summed E-state index contributed by atoms with van der Waals surface area (Å²) in [6, 6.07) is 6.83. The van der Waals surface area contributed by atoms with E-state index in [2.05, 4.69) is 0 Å². The van der Waals surface area contributed by atoms with Crippen LogP contribution in [-0.4, -0.2) is 17.7 Å². The van der Waals surface area contributed by atoms with Crippen LogP contribution in [0.3, 0.4) is 0 Å². The number of aliphatic carboxylic acids is 1. The maximum Gasteiger partial charge on any atom is 0.328 e. The summed E-state index contributed by atoms with van der Waals surface area (Å²) in [5, 5.41) is 8.95. The van der Waals surface area contributed by atoms with Crippen molar-refractivity contribution in [2.75, 3.05) is 6.61 Å². The molecule has 3 N–H and O–H groups in total. The molecule has 1 rings (SSSR count). The van der Waals surface area contributed by atoms with E-state index >= 15 is 0 Å². The first-order valence-corrected chi connectivity index (χ1v) is 4.74. The number of carboxylic acid groups (broad SMARTS) is 1. The van der Waals surface area contributed by atoms with Gasteiger partial charge < -0.3 is 15.6 Å². The van der Waals surface area contributed by atoms with Gasteiger partial charge in [0.05, 0.1) is 6.61 Å². The van der Waals surface area contributed by atoms with Crippen LogP contribution in [0, 0.1) is 0 Å². The second-order valence-electron chi connectivity index (χ2n) is 3.47. The van der Waals surface area contributed by atoms with Crippen LogP contribution in [0.2, 0.25) is 0 Å². The zero-order valence-corrected chi connectivity index (χ0v) is 8.86. The molecule has 1 aromatic carbocycles. The molecule has 0 heterocycles. The van der Waals surface area contributed by atoms with Crippen LogP contribution < -0.4 is 10.5 Å². The van der Waals surface area contributed by atoms with Crippen LogP contribution in [0.5, 0.6) is 5.75 Å². The quantitative estimate of drug-likeness (QED) is 0.785. The molecule has 4 nitrogen and oxygen atoms in total. The zero-order valence-electron chi connectivity index (χ0n) is 8.86. The number of hydrogen-bond acceptors (Lipinski definition) is 3. The van der Waals surface area contributed by atoms with Gasteiger partial charge in [-0.2, -0.15) is 0 Å². The van der Waals surface area contributed by atoms with E-state index < -0.39 is 11.5 Å². The van der Waals surface area contributed by atoms with Gasteiger partial charge in [-0.3, -0.25) is 0 Å². The van der Waals surface area contributed by atoms with Crippen molar-refractivity contribution in [2.45, 2.75) is 19.4 Å². The van der Waals surface area contributed by atoms with Crippen LogP contribution in [-0.2, 0) is 10.3 Å². The summed E-state index contributed by atoms with van der Waals surface area (Å²) in [5.74, 6) is -0.427. The molecular weight excluding hydrogens is 194 g/mol. The Bertz CT molecular complexity index is 361. The first-order chi connectivity index (χ1) is 6.98. The van der Waals surface area contributed by atoms with Crippen molar-refractivity contribution in [1.82, 2.24) is 0 Å². The fourth-order valence-corrected chi connectivity index (χ4v) is 1.20. The lowest BCUT2D eigenvalue weighted by atomic mass is 9.93. The van der Waals surface area contributed by atoms with Crippen LogP contribution in [0.15, 0.2) is 24.3 Å². The standard InChI is InChI=1S/C11H15NO3/c1-3-15-9-6-4-5-8(7-9)11(2,12)10(13)14/h4-7H,3,12H2,1-2H3,(H,13,14)/t11-/m0/s1. The molecule has 82 valence electrons. The van der Waals surface area contributed by atoms with Gasteiger partial charge in [0, 0.05) is 0 Å². The molecule has 0 spiro atoms. The van der Waals surface area contributed by atoms with E-state index in [9.17, 15) is 4.79 Å². The van der Waals surface area contributed by atoms with Crippen LogP contribution in [0.25, 0.3) is 0 Å². The summed E-state index contributed by atoms with van der Waals surface area (Å²) in [6.45, 7) is 3.86. The summed E-state index contributed by atoms with van der Waals surface area (Å²) in [4.78, 5) is 10.9. The minimum Gasteiger partial charge on any atom is -0.494 e. The highest BCUT2D eigenvalue weighted by Gasteiger charge is 2.30. The van der Waals surface area contributed by atoms with Crippen molar-refractivity contribution in [3.63, 3.8) is 0 Å². The summed E-state index contributed by atoms with van der Waals surface area (Å²) < 4.78 is 5.27. The Balaban J connectivity index is 3.04. The average molecular weight is 209 g/mol. The third-order valence-electron chi connectivity index (χ3n) is 2.19. The minimum absolute atomic E-state index is 0.529. The number of carboxylic acids is 1. The van der Waals surface area contributed by atoms with Crippen LogP contribution in [0.1, 0.15) is 19.4 Å². The Hall–Kier alpha value is -1.55. The molecule has 0 fully saturated rings. The number of hydrogen-bond donors (Lipinski definition) is 2. The lowest BCUT2D eigenvalue weighted by Crippen LogP contribution is -2.41. The van der Waals surface area contributed by atoms with E-state index in [-0.39, 0.29) is 0 Å². The molecular formula is C11H15NO3. The fraction of sp³-hybridized carbons (Fsp3) is 0.364. The van der Waals surface area contributed by atoms with Crippen molar-refractivity contribution in [1.29, 1.82) is 0 Å². The Morgan fingerprint density at radius 2 is 2.27 bits per heavy atom. The van der Waals surface area contributed by atoms with Crippen LogP contribution >= 0.6 is 0 Å². The molecule has 0 aliphatic rings. The second kappa shape index (κ2) is 4.31. The predicted molar refractivity (Wildman–Crippen MR) is 56.8 cm³/mol. The summed E-state index contributed by atoms with van der Waals surface area (Å²) in [5.41, 5.74) is 4.84. The third-order valence-corrected chi connectivity index (χ3v) is 2.19. The monoisotopic (exact) mass is 209 g/mol. The molecule has 0 saturated carbocycles. The molecule has 0 aromatic heterocycles. The van der Waals surface area contributed by atoms with Gasteiger partial charge in [-0.1, -0.05) is 12.1 Å². The summed E-state index contributed by atoms with van der Waals surface area (Å²) >= 11 is 0. The molecule has 0 unspecified atom stereocenters. The van der Waals surface area contributed by atoms with E-state index in [1.54, 1.807) is 24.3 Å². The fourth-order valence-electron chi connectivity index (χ4n) is 1.20. The lowest BCUT2D eigenvalue weighted by Gasteiger charge is -2.20. The molecule has 1 atom stereocenters. The minimum atomic E-state index is -1.38. The van der Waals surface area contributed by atoms with Gasteiger partial charge in [0.1, 0.15) is 11.3 Å². The van der Waals surface area contributed by atoms with Gasteiger partial charge in [-0.05, 0) is 31.5 Å². The lowest BCUT2D eigenvalue weighted by molar-refractivity contribution is -0.143. The van der Waals surface area contributed by atoms with Gasteiger partial charge >= 0.3 is 5.97 Å². The van der Waals surface area contributed by atoms with Gasteiger partial charge in [-0.15, -0.1) is 0 Å². The van der Waals surface area contributed by atoms with Crippen molar-refractivity contribution in [3.05, 3.63) is 29.8 Å². The van der Waals surface area contributed by atoms with Crippen LogP contribution in [0.4, 0.5) is 0 Å². The maximum atomic E-state index is 10.9. The topological polar surface area (TPSA) is 72.5 Å². The van der Waals surface area contributed by atoms with E-state index in [1.807, 2.05) is 6.92 Å². The predicted octanol–water partition coefficient (Wildman–Crippen LogP) is 1.34. The van der Waals surface area contributed by atoms with Crippen molar-refractivity contribution in [3.8, 4) is 5.75 Å². The molecule has 4 heteroatoms. The Morgan fingerprint density at radius 1 is 1.60 bits per heavy atom. The highest BCUT2D eigenvalue weighted by atomic mass is 16.5. The number of nitrogens with two attached hydrogens (primary N) is 1. The second-order valence-corrected chi connectivity index (χ2v) is 3.47. The molecule has 0 amide bonds. The van der Waals surface area contributed by atoms with Crippen molar-refractivity contribution in [2.24, 2.45) is 5.73 Å². The zero-order chi connectivity index (χ0) is 11.5. The number of benzene rings is 1. The number of carbonyl (C=O) groups is 1. The van der Waals surface area contributed by atoms with E-state index in [0.717, 1.165) is 0 Å². The van der Waals surface area contributed by atoms with Crippen molar-refractivity contribution < 1.29 is 14.6 Å². The molecule has 0 bridgehead atoms. The first kappa shape index (κ1) is 11.5. The molecule has 1 aromatic rings. The third kappa shape index (κ3) is 2.47. The first-order valence-electron chi connectivity index (χ1n) is 4.74. The maximum absolute atomic E-state index is 10.9. The molecule has 0 aliphatic carbocycles. The molecule has 0 radical (unpaired) electrons.